The maximum Gasteiger partial charge on any atom is 0.251 e. The summed E-state index contributed by atoms with van der Waals surface area (Å²) in [6.07, 6.45) is 2.48. The molecule has 1 aliphatic heterocycles. The lowest BCUT2D eigenvalue weighted by Crippen LogP contribution is -2.47. The van der Waals surface area contributed by atoms with Crippen LogP contribution in [0.25, 0.3) is 0 Å². The third-order valence-electron chi connectivity index (χ3n) is 4.96. The summed E-state index contributed by atoms with van der Waals surface area (Å²) in [6.45, 7) is 7.07. The van der Waals surface area contributed by atoms with Gasteiger partial charge in [-0.05, 0) is 50.4 Å². The molecule has 0 spiro atoms. The normalized spacial score (nSPS) is 18.4. The van der Waals surface area contributed by atoms with Crippen molar-refractivity contribution in [2.75, 3.05) is 40.4 Å². The summed E-state index contributed by atoms with van der Waals surface area (Å²) in [5.41, 5.74) is 0.413. The lowest BCUT2D eigenvalue weighted by molar-refractivity contribution is -0.120. The van der Waals surface area contributed by atoms with Crippen LogP contribution >= 0.6 is 0 Å². The van der Waals surface area contributed by atoms with Crippen LogP contribution in [0.3, 0.4) is 0 Å². The Morgan fingerprint density at radius 1 is 1.22 bits per heavy atom. The molecule has 2 atom stereocenters. The SMILES string of the molecule is COc1ccc(C(=O)NCC(=O)NCC(C)N2CCCC(C)C2)cc1OC. The molecule has 0 aliphatic carbocycles. The molecule has 2 amide bonds. The van der Waals surface area contributed by atoms with E-state index >= 15 is 0 Å². The number of piperidine rings is 1. The lowest BCUT2D eigenvalue weighted by Gasteiger charge is -2.35. The van der Waals surface area contributed by atoms with Crippen molar-refractivity contribution in [1.29, 1.82) is 0 Å². The molecule has 7 nitrogen and oxygen atoms in total. The van der Waals surface area contributed by atoms with Crippen molar-refractivity contribution >= 4 is 11.8 Å². The predicted molar refractivity (Wildman–Crippen MR) is 104 cm³/mol. The standard InChI is InChI=1S/C20H31N3O4/c1-14-6-5-9-23(13-14)15(2)11-21-19(24)12-22-20(25)16-7-8-17(26-3)18(10-16)27-4/h7-8,10,14-15H,5-6,9,11-13H2,1-4H3,(H,21,24)(H,22,25). The molecule has 150 valence electrons. The molecule has 1 aromatic carbocycles. The van der Waals surface area contributed by atoms with E-state index in [0.29, 0.717) is 35.6 Å². The van der Waals surface area contributed by atoms with Crippen LogP contribution in [0.15, 0.2) is 18.2 Å². The smallest absolute Gasteiger partial charge is 0.251 e. The van der Waals surface area contributed by atoms with Gasteiger partial charge in [0, 0.05) is 24.7 Å². The number of rotatable bonds is 8. The average Bonchev–Trinajstić information content (AvgIpc) is 2.69. The highest BCUT2D eigenvalue weighted by Crippen LogP contribution is 2.27. The summed E-state index contributed by atoms with van der Waals surface area (Å²) in [5.74, 6) is 1.20. The van der Waals surface area contributed by atoms with E-state index in [1.54, 1.807) is 18.2 Å². The van der Waals surface area contributed by atoms with Gasteiger partial charge in [-0.15, -0.1) is 0 Å². The van der Waals surface area contributed by atoms with Crippen molar-refractivity contribution < 1.29 is 19.1 Å². The molecule has 2 rings (SSSR count). The van der Waals surface area contributed by atoms with Crippen LogP contribution in [-0.2, 0) is 4.79 Å². The number of carbonyl (C=O) groups is 2. The monoisotopic (exact) mass is 377 g/mol. The summed E-state index contributed by atoms with van der Waals surface area (Å²) < 4.78 is 10.3. The van der Waals surface area contributed by atoms with Crippen LogP contribution in [0, 0.1) is 5.92 Å². The molecule has 1 heterocycles. The molecular formula is C20H31N3O4. The molecule has 2 N–H and O–H groups in total. The number of likely N-dealkylation sites (tertiary alicyclic amines) is 1. The summed E-state index contributed by atoms with van der Waals surface area (Å²) in [7, 11) is 3.05. The average molecular weight is 377 g/mol. The van der Waals surface area contributed by atoms with Gasteiger partial charge in [0.05, 0.1) is 20.8 Å². The Hall–Kier alpha value is -2.28. The molecule has 0 bridgehead atoms. The molecule has 7 heteroatoms. The Labute approximate surface area is 161 Å². The molecule has 0 aromatic heterocycles. The minimum absolute atomic E-state index is 0.0592. The van der Waals surface area contributed by atoms with Crippen molar-refractivity contribution in [2.24, 2.45) is 5.92 Å². The minimum Gasteiger partial charge on any atom is -0.493 e. The second kappa shape index (κ2) is 10.2. The zero-order valence-electron chi connectivity index (χ0n) is 16.7. The Bertz CT molecular complexity index is 650. The number of amides is 2. The molecule has 27 heavy (non-hydrogen) atoms. The van der Waals surface area contributed by atoms with Gasteiger partial charge in [0.15, 0.2) is 11.5 Å². The molecule has 0 radical (unpaired) electrons. The van der Waals surface area contributed by atoms with Crippen LogP contribution < -0.4 is 20.1 Å². The van der Waals surface area contributed by atoms with Gasteiger partial charge in [-0.2, -0.15) is 0 Å². The molecule has 1 aliphatic rings. The number of ether oxygens (including phenoxy) is 2. The Morgan fingerprint density at radius 2 is 1.96 bits per heavy atom. The van der Waals surface area contributed by atoms with Crippen molar-refractivity contribution in [2.45, 2.75) is 32.7 Å². The fraction of sp³-hybridized carbons (Fsp3) is 0.600. The van der Waals surface area contributed by atoms with Crippen molar-refractivity contribution in [3.63, 3.8) is 0 Å². The molecule has 1 fully saturated rings. The van der Waals surface area contributed by atoms with Crippen LogP contribution in [0.5, 0.6) is 11.5 Å². The fourth-order valence-corrected chi connectivity index (χ4v) is 3.32. The Kier molecular flexibility index (Phi) is 7.91. The highest BCUT2D eigenvalue weighted by Gasteiger charge is 2.21. The minimum atomic E-state index is -0.330. The van der Waals surface area contributed by atoms with Crippen LogP contribution in [-0.4, -0.2) is 63.2 Å². The van der Waals surface area contributed by atoms with Gasteiger partial charge in [-0.3, -0.25) is 14.5 Å². The Balaban J connectivity index is 1.77. The van der Waals surface area contributed by atoms with E-state index in [0.717, 1.165) is 13.1 Å². The summed E-state index contributed by atoms with van der Waals surface area (Å²) in [4.78, 5) is 26.7. The van der Waals surface area contributed by atoms with E-state index in [2.05, 4.69) is 29.4 Å². The summed E-state index contributed by atoms with van der Waals surface area (Å²) >= 11 is 0. The largest absolute Gasteiger partial charge is 0.493 e. The summed E-state index contributed by atoms with van der Waals surface area (Å²) in [6, 6.07) is 5.17. The summed E-state index contributed by atoms with van der Waals surface area (Å²) in [5, 5.41) is 5.54. The molecule has 1 aromatic rings. The van der Waals surface area contributed by atoms with Gasteiger partial charge in [0.1, 0.15) is 0 Å². The van der Waals surface area contributed by atoms with Gasteiger partial charge >= 0.3 is 0 Å². The number of hydrogen-bond donors (Lipinski definition) is 2. The van der Waals surface area contributed by atoms with Crippen molar-refractivity contribution in [3.05, 3.63) is 23.8 Å². The van der Waals surface area contributed by atoms with E-state index < -0.39 is 0 Å². The molecule has 1 saturated heterocycles. The maximum atomic E-state index is 12.2. The van der Waals surface area contributed by atoms with Gasteiger partial charge in [0.2, 0.25) is 5.91 Å². The number of benzene rings is 1. The van der Waals surface area contributed by atoms with Crippen LogP contribution in [0.4, 0.5) is 0 Å². The van der Waals surface area contributed by atoms with Gasteiger partial charge in [0.25, 0.3) is 5.91 Å². The fourth-order valence-electron chi connectivity index (χ4n) is 3.32. The maximum absolute atomic E-state index is 12.2. The second-order valence-corrected chi connectivity index (χ2v) is 7.15. The quantitative estimate of drug-likeness (QED) is 0.720. The molecular weight excluding hydrogens is 346 g/mol. The van der Waals surface area contributed by atoms with Crippen LogP contribution in [0.1, 0.15) is 37.0 Å². The van der Waals surface area contributed by atoms with Crippen LogP contribution in [0.2, 0.25) is 0 Å². The molecule has 2 unspecified atom stereocenters. The third-order valence-corrected chi connectivity index (χ3v) is 4.96. The lowest BCUT2D eigenvalue weighted by atomic mass is 9.99. The zero-order chi connectivity index (χ0) is 19.8. The first-order valence-corrected chi connectivity index (χ1v) is 9.45. The number of hydrogen-bond acceptors (Lipinski definition) is 5. The Morgan fingerprint density at radius 3 is 2.63 bits per heavy atom. The third kappa shape index (κ3) is 6.13. The van der Waals surface area contributed by atoms with Gasteiger partial charge in [-0.25, -0.2) is 0 Å². The van der Waals surface area contributed by atoms with Crippen molar-refractivity contribution in [3.8, 4) is 11.5 Å². The topological polar surface area (TPSA) is 79.9 Å². The number of carbonyl (C=O) groups excluding carboxylic acids is 2. The first-order chi connectivity index (χ1) is 12.9. The van der Waals surface area contributed by atoms with E-state index in [9.17, 15) is 9.59 Å². The predicted octanol–water partition coefficient (Wildman–Crippen LogP) is 1.67. The van der Waals surface area contributed by atoms with E-state index in [1.807, 2.05) is 0 Å². The van der Waals surface area contributed by atoms with Crippen molar-refractivity contribution in [1.82, 2.24) is 15.5 Å². The zero-order valence-corrected chi connectivity index (χ0v) is 16.7. The van der Waals surface area contributed by atoms with E-state index in [1.165, 1.54) is 27.1 Å². The van der Waals surface area contributed by atoms with Gasteiger partial charge in [-0.1, -0.05) is 6.92 Å². The number of nitrogens with one attached hydrogen (secondary N) is 2. The first kappa shape index (κ1) is 21.0. The second-order valence-electron chi connectivity index (χ2n) is 7.15. The highest BCUT2D eigenvalue weighted by molar-refractivity contribution is 5.97. The van der Waals surface area contributed by atoms with E-state index in [-0.39, 0.29) is 18.4 Å². The van der Waals surface area contributed by atoms with E-state index in [4.69, 9.17) is 9.47 Å². The van der Waals surface area contributed by atoms with Gasteiger partial charge < -0.3 is 20.1 Å². The highest BCUT2D eigenvalue weighted by atomic mass is 16.5. The molecule has 0 saturated carbocycles. The number of nitrogens with zero attached hydrogens (tertiary/aromatic N) is 1. The first-order valence-electron chi connectivity index (χ1n) is 9.45. The number of methoxy groups -OCH3 is 2.